The zero-order chi connectivity index (χ0) is 12.6. The molecule has 16 heavy (non-hydrogen) atoms. The van der Waals surface area contributed by atoms with E-state index in [1.54, 1.807) is 20.8 Å². The molecule has 2 N–H and O–H groups in total. The van der Waals surface area contributed by atoms with Crippen LogP contribution in [0.15, 0.2) is 18.2 Å². The van der Waals surface area contributed by atoms with Crippen LogP contribution in [-0.4, -0.2) is 13.2 Å². The maximum absolute atomic E-state index is 13.0. The fourth-order valence-corrected chi connectivity index (χ4v) is 2.21. The highest BCUT2D eigenvalue weighted by atomic mass is 32.2. The van der Waals surface area contributed by atoms with Gasteiger partial charge < -0.3 is 5.73 Å². The zero-order valence-corrected chi connectivity index (χ0v) is 10.4. The first kappa shape index (κ1) is 13.0. The molecule has 0 atom stereocenters. The summed E-state index contributed by atoms with van der Waals surface area (Å²) in [6, 6.07) is 3.75. The van der Waals surface area contributed by atoms with Crippen molar-refractivity contribution in [2.45, 2.75) is 31.3 Å². The Labute approximate surface area is 95.4 Å². The SMILES string of the molecule is CC(C)(C)S(=O)(=O)Cc1cc(F)ccc1N. The fourth-order valence-electron chi connectivity index (χ4n) is 1.12. The van der Waals surface area contributed by atoms with Crippen LogP contribution in [0.3, 0.4) is 0 Å². The van der Waals surface area contributed by atoms with Crippen LogP contribution in [0.25, 0.3) is 0 Å². The molecule has 0 bridgehead atoms. The molecule has 0 radical (unpaired) electrons. The van der Waals surface area contributed by atoms with Gasteiger partial charge in [0.1, 0.15) is 5.82 Å². The van der Waals surface area contributed by atoms with Crippen molar-refractivity contribution in [1.29, 1.82) is 0 Å². The minimum Gasteiger partial charge on any atom is -0.398 e. The smallest absolute Gasteiger partial charge is 0.159 e. The molecule has 0 unspecified atom stereocenters. The molecule has 1 aromatic carbocycles. The third-order valence-corrected chi connectivity index (χ3v) is 4.94. The van der Waals surface area contributed by atoms with Crippen LogP contribution in [0.5, 0.6) is 0 Å². The van der Waals surface area contributed by atoms with Gasteiger partial charge in [-0.05, 0) is 44.5 Å². The number of sulfone groups is 1. The molecule has 0 aliphatic carbocycles. The summed E-state index contributed by atoms with van der Waals surface area (Å²) in [6.07, 6.45) is 0. The quantitative estimate of drug-likeness (QED) is 0.812. The normalized spacial score (nSPS) is 12.8. The average molecular weight is 245 g/mol. The van der Waals surface area contributed by atoms with Crippen LogP contribution in [0.4, 0.5) is 10.1 Å². The molecule has 90 valence electrons. The second kappa shape index (κ2) is 4.05. The van der Waals surface area contributed by atoms with Crippen molar-refractivity contribution >= 4 is 15.5 Å². The molecule has 0 saturated heterocycles. The Morgan fingerprint density at radius 1 is 1.31 bits per heavy atom. The van der Waals surface area contributed by atoms with Crippen molar-refractivity contribution in [2.24, 2.45) is 0 Å². The maximum atomic E-state index is 13.0. The zero-order valence-electron chi connectivity index (χ0n) is 9.62. The van der Waals surface area contributed by atoms with Gasteiger partial charge in [0, 0.05) is 5.69 Å². The van der Waals surface area contributed by atoms with Crippen molar-refractivity contribution in [3.05, 3.63) is 29.6 Å². The first-order chi connectivity index (χ1) is 7.13. The lowest BCUT2D eigenvalue weighted by molar-refractivity contribution is 0.559. The number of halogens is 1. The predicted octanol–water partition coefficient (Wildman–Crippen LogP) is 2.12. The Morgan fingerprint density at radius 3 is 2.38 bits per heavy atom. The molecule has 0 saturated carbocycles. The summed E-state index contributed by atoms with van der Waals surface area (Å²) in [5, 5.41) is 0. The number of nitrogens with two attached hydrogens (primary N) is 1. The van der Waals surface area contributed by atoms with E-state index in [4.69, 9.17) is 5.73 Å². The van der Waals surface area contributed by atoms with E-state index in [-0.39, 0.29) is 5.75 Å². The minimum atomic E-state index is -3.34. The Balaban J connectivity index is 3.11. The number of hydrogen-bond donors (Lipinski definition) is 1. The summed E-state index contributed by atoms with van der Waals surface area (Å²) in [5.41, 5.74) is 6.22. The molecule has 1 aromatic rings. The van der Waals surface area contributed by atoms with Gasteiger partial charge in [-0.1, -0.05) is 0 Å². The molecule has 3 nitrogen and oxygen atoms in total. The highest BCUT2D eigenvalue weighted by molar-refractivity contribution is 7.91. The van der Waals surface area contributed by atoms with Gasteiger partial charge in [-0.3, -0.25) is 0 Å². The van der Waals surface area contributed by atoms with Gasteiger partial charge in [0.15, 0.2) is 9.84 Å². The van der Waals surface area contributed by atoms with E-state index in [2.05, 4.69) is 0 Å². The van der Waals surface area contributed by atoms with Gasteiger partial charge in [-0.15, -0.1) is 0 Å². The molecule has 0 amide bonds. The highest BCUT2D eigenvalue weighted by Gasteiger charge is 2.29. The highest BCUT2D eigenvalue weighted by Crippen LogP contribution is 2.23. The van der Waals surface area contributed by atoms with Crippen LogP contribution in [-0.2, 0) is 15.6 Å². The number of rotatable bonds is 2. The van der Waals surface area contributed by atoms with E-state index in [0.29, 0.717) is 11.3 Å². The van der Waals surface area contributed by atoms with Crippen LogP contribution in [0.2, 0.25) is 0 Å². The van der Waals surface area contributed by atoms with E-state index in [0.717, 1.165) is 0 Å². The standard InChI is InChI=1S/C11H16FNO2S/c1-11(2,3)16(14,15)7-8-6-9(12)4-5-10(8)13/h4-6H,7,13H2,1-3H3. The monoisotopic (exact) mass is 245 g/mol. The summed E-state index contributed by atoms with van der Waals surface area (Å²) >= 11 is 0. The maximum Gasteiger partial charge on any atom is 0.159 e. The minimum absolute atomic E-state index is 0.236. The van der Waals surface area contributed by atoms with Gasteiger partial charge in [0.2, 0.25) is 0 Å². The van der Waals surface area contributed by atoms with Crippen molar-refractivity contribution < 1.29 is 12.8 Å². The molecule has 0 spiro atoms. The topological polar surface area (TPSA) is 60.2 Å². The van der Waals surface area contributed by atoms with E-state index < -0.39 is 20.4 Å². The first-order valence-corrected chi connectivity index (χ1v) is 6.55. The van der Waals surface area contributed by atoms with Crippen LogP contribution in [0.1, 0.15) is 26.3 Å². The van der Waals surface area contributed by atoms with Crippen LogP contribution in [0, 0.1) is 5.82 Å². The van der Waals surface area contributed by atoms with Crippen molar-refractivity contribution in [3.8, 4) is 0 Å². The lowest BCUT2D eigenvalue weighted by Gasteiger charge is -2.19. The van der Waals surface area contributed by atoms with E-state index in [9.17, 15) is 12.8 Å². The molecule has 0 aliphatic rings. The number of hydrogen-bond acceptors (Lipinski definition) is 3. The summed E-state index contributed by atoms with van der Waals surface area (Å²) in [7, 11) is -3.34. The molecule has 1 rings (SSSR count). The van der Waals surface area contributed by atoms with Crippen molar-refractivity contribution in [2.75, 3.05) is 5.73 Å². The summed E-state index contributed by atoms with van der Waals surface area (Å²) in [6.45, 7) is 4.83. The van der Waals surface area contributed by atoms with Gasteiger partial charge >= 0.3 is 0 Å². The Morgan fingerprint density at radius 2 is 1.88 bits per heavy atom. The molecule has 0 fully saturated rings. The third-order valence-electron chi connectivity index (χ3n) is 2.38. The Hall–Kier alpha value is -1.10. The van der Waals surface area contributed by atoms with E-state index >= 15 is 0 Å². The molecular weight excluding hydrogens is 229 g/mol. The van der Waals surface area contributed by atoms with Crippen molar-refractivity contribution in [1.82, 2.24) is 0 Å². The number of anilines is 1. The predicted molar refractivity (Wildman–Crippen MR) is 63.2 cm³/mol. The molecule has 0 aromatic heterocycles. The van der Waals surface area contributed by atoms with Crippen LogP contribution >= 0.6 is 0 Å². The largest absolute Gasteiger partial charge is 0.398 e. The second-order valence-electron chi connectivity index (χ2n) is 4.71. The lowest BCUT2D eigenvalue weighted by atomic mass is 10.2. The number of nitrogen functional groups attached to an aromatic ring is 1. The van der Waals surface area contributed by atoms with Gasteiger partial charge in [0.25, 0.3) is 0 Å². The molecule has 0 heterocycles. The fraction of sp³-hybridized carbons (Fsp3) is 0.455. The Kier molecular flexibility index (Phi) is 3.28. The van der Waals surface area contributed by atoms with Gasteiger partial charge in [0.05, 0.1) is 10.5 Å². The van der Waals surface area contributed by atoms with Gasteiger partial charge in [-0.25, -0.2) is 12.8 Å². The third kappa shape index (κ3) is 2.72. The van der Waals surface area contributed by atoms with Crippen molar-refractivity contribution in [3.63, 3.8) is 0 Å². The molecule has 5 heteroatoms. The first-order valence-electron chi connectivity index (χ1n) is 4.90. The molecule has 0 aliphatic heterocycles. The van der Waals surface area contributed by atoms with Gasteiger partial charge in [-0.2, -0.15) is 0 Å². The Bertz CT molecular complexity index is 489. The molecular formula is C11H16FNO2S. The lowest BCUT2D eigenvalue weighted by Crippen LogP contribution is -2.29. The number of benzene rings is 1. The van der Waals surface area contributed by atoms with E-state index in [1.165, 1.54) is 18.2 Å². The summed E-state index contributed by atoms with van der Waals surface area (Å²) < 4.78 is 35.9. The second-order valence-corrected chi connectivity index (χ2v) is 7.46. The summed E-state index contributed by atoms with van der Waals surface area (Å²) in [4.78, 5) is 0. The summed E-state index contributed by atoms with van der Waals surface area (Å²) in [5.74, 6) is -0.714. The average Bonchev–Trinajstić information content (AvgIpc) is 2.09. The van der Waals surface area contributed by atoms with Crippen LogP contribution < -0.4 is 5.73 Å². The van der Waals surface area contributed by atoms with E-state index in [1.807, 2.05) is 0 Å².